The molecular weight excluding hydrogens is 276 g/mol. The van der Waals surface area contributed by atoms with Crippen LogP contribution in [0.25, 0.3) is 0 Å². The summed E-state index contributed by atoms with van der Waals surface area (Å²) in [5, 5.41) is 9.72. The number of sulfonamides is 1. The van der Waals surface area contributed by atoms with Gasteiger partial charge < -0.3 is 5.11 Å². The number of aliphatic hydroxyl groups is 1. The number of benzene rings is 1. The molecule has 0 spiro atoms. The second-order valence-corrected chi connectivity index (χ2v) is 6.37. The van der Waals surface area contributed by atoms with Crippen LogP contribution in [0, 0.1) is 11.6 Å². The van der Waals surface area contributed by atoms with Crippen LogP contribution in [0.4, 0.5) is 8.78 Å². The standard InChI is InChI=1S/C12H15F2NO3S/c13-9-6-5-8(7-10(9)14)19(17,18)15-11-3-1-2-4-12(11)16/h5-7,11-12,15-16H,1-4H2/t11-,12-/m1/s1. The Balaban J connectivity index is 2.19. The van der Waals surface area contributed by atoms with E-state index >= 15 is 0 Å². The predicted molar refractivity (Wildman–Crippen MR) is 64.9 cm³/mol. The maximum absolute atomic E-state index is 13.0. The van der Waals surface area contributed by atoms with Crippen molar-refractivity contribution in [2.75, 3.05) is 0 Å². The van der Waals surface area contributed by atoms with Crippen molar-refractivity contribution in [1.82, 2.24) is 4.72 Å². The van der Waals surface area contributed by atoms with E-state index in [1.165, 1.54) is 0 Å². The highest BCUT2D eigenvalue weighted by Gasteiger charge is 2.28. The first kappa shape index (κ1) is 14.4. The summed E-state index contributed by atoms with van der Waals surface area (Å²) in [6.45, 7) is 0. The molecule has 0 aromatic heterocycles. The zero-order chi connectivity index (χ0) is 14.0. The molecule has 0 amide bonds. The van der Waals surface area contributed by atoms with Crippen molar-refractivity contribution in [3.63, 3.8) is 0 Å². The van der Waals surface area contributed by atoms with Gasteiger partial charge in [0.2, 0.25) is 10.0 Å². The summed E-state index contributed by atoms with van der Waals surface area (Å²) < 4.78 is 52.2. The van der Waals surface area contributed by atoms with Crippen LogP contribution in [-0.2, 0) is 10.0 Å². The molecule has 1 aromatic rings. The second-order valence-electron chi connectivity index (χ2n) is 4.66. The van der Waals surface area contributed by atoms with Gasteiger partial charge in [-0.2, -0.15) is 0 Å². The first-order valence-corrected chi connectivity index (χ1v) is 7.54. The monoisotopic (exact) mass is 291 g/mol. The summed E-state index contributed by atoms with van der Waals surface area (Å²) in [4.78, 5) is -0.343. The molecule has 0 radical (unpaired) electrons. The average Bonchev–Trinajstić information content (AvgIpc) is 2.35. The lowest BCUT2D eigenvalue weighted by Gasteiger charge is -2.28. The maximum atomic E-state index is 13.0. The molecular formula is C12H15F2NO3S. The van der Waals surface area contributed by atoms with E-state index in [9.17, 15) is 22.3 Å². The number of hydrogen-bond acceptors (Lipinski definition) is 3. The van der Waals surface area contributed by atoms with E-state index in [0.29, 0.717) is 18.9 Å². The minimum Gasteiger partial charge on any atom is -0.391 e. The Kier molecular flexibility index (Phi) is 4.17. The summed E-state index contributed by atoms with van der Waals surface area (Å²) >= 11 is 0. The number of hydrogen-bond donors (Lipinski definition) is 2. The van der Waals surface area contributed by atoms with Crippen molar-refractivity contribution in [2.24, 2.45) is 0 Å². The van der Waals surface area contributed by atoms with E-state index in [-0.39, 0.29) is 4.90 Å². The van der Waals surface area contributed by atoms with E-state index in [0.717, 1.165) is 25.0 Å². The molecule has 1 fully saturated rings. The molecule has 1 aromatic carbocycles. The van der Waals surface area contributed by atoms with Gasteiger partial charge in [0.1, 0.15) is 0 Å². The predicted octanol–water partition coefficient (Wildman–Crippen LogP) is 1.55. The molecule has 106 valence electrons. The van der Waals surface area contributed by atoms with Crippen LogP contribution in [0.1, 0.15) is 25.7 Å². The van der Waals surface area contributed by atoms with E-state index < -0.39 is 33.8 Å². The average molecular weight is 291 g/mol. The van der Waals surface area contributed by atoms with Gasteiger partial charge in [-0.15, -0.1) is 0 Å². The molecule has 1 aliphatic rings. The smallest absolute Gasteiger partial charge is 0.241 e. The van der Waals surface area contributed by atoms with Crippen LogP contribution in [0.2, 0.25) is 0 Å². The van der Waals surface area contributed by atoms with Crippen LogP contribution in [0.5, 0.6) is 0 Å². The van der Waals surface area contributed by atoms with Crippen LogP contribution >= 0.6 is 0 Å². The van der Waals surface area contributed by atoms with Gasteiger partial charge in [-0.3, -0.25) is 0 Å². The lowest BCUT2D eigenvalue weighted by atomic mass is 9.93. The second kappa shape index (κ2) is 5.52. The molecule has 0 bridgehead atoms. The molecule has 0 heterocycles. The summed E-state index contributed by atoms with van der Waals surface area (Å²) in [5.74, 6) is -2.32. The highest BCUT2D eigenvalue weighted by atomic mass is 32.2. The summed E-state index contributed by atoms with van der Waals surface area (Å²) in [7, 11) is -3.95. The minimum atomic E-state index is -3.95. The Morgan fingerprint density at radius 2 is 1.84 bits per heavy atom. The quantitative estimate of drug-likeness (QED) is 0.888. The van der Waals surface area contributed by atoms with Crippen LogP contribution in [0.3, 0.4) is 0 Å². The SMILES string of the molecule is O=S(=O)(N[C@@H]1CCCC[C@H]1O)c1ccc(F)c(F)c1. The fourth-order valence-electron chi connectivity index (χ4n) is 2.16. The Labute approximate surface area is 110 Å². The van der Waals surface area contributed by atoms with Crippen molar-refractivity contribution in [3.05, 3.63) is 29.8 Å². The molecule has 0 aliphatic heterocycles. The van der Waals surface area contributed by atoms with Crippen LogP contribution in [-0.4, -0.2) is 25.7 Å². The van der Waals surface area contributed by atoms with Gasteiger partial charge in [0, 0.05) is 6.04 Å². The fraction of sp³-hybridized carbons (Fsp3) is 0.500. The molecule has 0 unspecified atom stereocenters. The summed E-state index contributed by atoms with van der Waals surface area (Å²) in [6.07, 6.45) is 2.00. The number of aliphatic hydroxyl groups excluding tert-OH is 1. The molecule has 1 aliphatic carbocycles. The summed E-state index contributed by atoms with van der Waals surface area (Å²) in [6, 6.07) is 1.82. The number of rotatable bonds is 3. The van der Waals surface area contributed by atoms with E-state index in [4.69, 9.17) is 0 Å². The van der Waals surface area contributed by atoms with E-state index in [1.54, 1.807) is 0 Å². The van der Waals surface area contributed by atoms with Crippen molar-refractivity contribution in [1.29, 1.82) is 0 Å². The molecule has 2 N–H and O–H groups in total. The highest BCUT2D eigenvalue weighted by molar-refractivity contribution is 7.89. The Morgan fingerprint density at radius 3 is 2.47 bits per heavy atom. The van der Waals surface area contributed by atoms with E-state index in [1.807, 2.05) is 0 Å². The largest absolute Gasteiger partial charge is 0.391 e. The highest BCUT2D eigenvalue weighted by Crippen LogP contribution is 2.21. The van der Waals surface area contributed by atoms with Crippen molar-refractivity contribution >= 4 is 10.0 Å². The van der Waals surface area contributed by atoms with Gasteiger partial charge in [0.15, 0.2) is 11.6 Å². The van der Waals surface area contributed by atoms with Crippen molar-refractivity contribution in [3.8, 4) is 0 Å². The zero-order valence-electron chi connectivity index (χ0n) is 10.1. The van der Waals surface area contributed by atoms with Crippen molar-refractivity contribution in [2.45, 2.75) is 42.7 Å². The zero-order valence-corrected chi connectivity index (χ0v) is 11.0. The minimum absolute atomic E-state index is 0.343. The molecule has 2 rings (SSSR count). The lowest BCUT2D eigenvalue weighted by molar-refractivity contribution is 0.101. The van der Waals surface area contributed by atoms with Gasteiger partial charge >= 0.3 is 0 Å². The van der Waals surface area contributed by atoms with E-state index in [2.05, 4.69) is 4.72 Å². The van der Waals surface area contributed by atoms with Gasteiger partial charge in [-0.1, -0.05) is 12.8 Å². The Bertz CT molecular complexity index is 562. The first-order chi connectivity index (χ1) is 8.90. The fourth-order valence-corrected chi connectivity index (χ4v) is 3.48. The maximum Gasteiger partial charge on any atom is 0.241 e. The Morgan fingerprint density at radius 1 is 1.16 bits per heavy atom. The number of nitrogens with one attached hydrogen (secondary N) is 1. The molecule has 1 saturated carbocycles. The Hall–Kier alpha value is -1.05. The molecule has 4 nitrogen and oxygen atoms in total. The van der Waals surface area contributed by atoms with Gasteiger partial charge in [0.25, 0.3) is 0 Å². The lowest BCUT2D eigenvalue weighted by Crippen LogP contribution is -2.44. The van der Waals surface area contributed by atoms with Gasteiger partial charge in [-0.25, -0.2) is 21.9 Å². The van der Waals surface area contributed by atoms with Gasteiger partial charge in [0.05, 0.1) is 11.0 Å². The van der Waals surface area contributed by atoms with Crippen molar-refractivity contribution < 1.29 is 22.3 Å². The van der Waals surface area contributed by atoms with Crippen LogP contribution < -0.4 is 4.72 Å². The molecule has 7 heteroatoms. The molecule has 0 saturated heterocycles. The molecule has 19 heavy (non-hydrogen) atoms. The first-order valence-electron chi connectivity index (χ1n) is 6.05. The number of halogens is 2. The third kappa shape index (κ3) is 3.29. The van der Waals surface area contributed by atoms with Crippen LogP contribution in [0.15, 0.2) is 23.1 Å². The van der Waals surface area contributed by atoms with Gasteiger partial charge in [-0.05, 0) is 31.0 Å². The molecule has 2 atom stereocenters. The third-order valence-electron chi connectivity index (χ3n) is 3.24. The normalized spacial score (nSPS) is 24.4. The summed E-state index contributed by atoms with van der Waals surface area (Å²) in [5.41, 5.74) is 0. The third-order valence-corrected chi connectivity index (χ3v) is 4.72. The topological polar surface area (TPSA) is 66.4 Å².